The second-order valence-electron chi connectivity index (χ2n) is 4.95. The Hall–Kier alpha value is -1.46. The van der Waals surface area contributed by atoms with Crippen molar-refractivity contribution in [2.45, 2.75) is 32.0 Å². The van der Waals surface area contributed by atoms with Gasteiger partial charge in [-0.15, -0.1) is 0 Å². The zero-order chi connectivity index (χ0) is 13.0. The van der Waals surface area contributed by atoms with Gasteiger partial charge < -0.3 is 10.1 Å². The van der Waals surface area contributed by atoms with Gasteiger partial charge in [-0.1, -0.05) is 12.1 Å². The lowest BCUT2D eigenvalue weighted by Crippen LogP contribution is -2.45. The number of nitro groups is 1. The van der Waals surface area contributed by atoms with Crippen LogP contribution in [-0.2, 0) is 11.3 Å². The molecule has 0 bridgehead atoms. The lowest BCUT2D eigenvalue weighted by atomic mass is 9.96. The Labute approximate surface area is 106 Å². The van der Waals surface area contributed by atoms with Crippen LogP contribution in [0.3, 0.4) is 0 Å². The summed E-state index contributed by atoms with van der Waals surface area (Å²) >= 11 is 0. The third-order valence-electron chi connectivity index (χ3n) is 3.27. The topological polar surface area (TPSA) is 64.4 Å². The van der Waals surface area contributed by atoms with Crippen LogP contribution in [0.15, 0.2) is 24.3 Å². The van der Waals surface area contributed by atoms with Crippen molar-refractivity contribution in [1.29, 1.82) is 0 Å². The molecule has 1 aromatic carbocycles. The van der Waals surface area contributed by atoms with E-state index < -0.39 is 0 Å². The Balaban J connectivity index is 1.97. The van der Waals surface area contributed by atoms with Crippen LogP contribution in [0.25, 0.3) is 0 Å². The zero-order valence-electron chi connectivity index (χ0n) is 10.5. The SMILES string of the molecule is CC1(OCc2cccc([N+](=O)[O-])c2)CCCNC1. The summed E-state index contributed by atoms with van der Waals surface area (Å²) in [5, 5.41) is 14.0. The third-order valence-corrected chi connectivity index (χ3v) is 3.27. The molecule has 1 saturated heterocycles. The molecule has 1 fully saturated rings. The maximum absolute atomic E-state index is 10.7. The molecule has 18 heavy (non-hydrogen) atoms. The zero-order valence-corrected chi connectivity index (χ0v) is 10.5. The first-order valence-corrected chi connectivity index (χ1v) is 6.17. The van der Waals surface area contributed by atoms with Gasteiger partial charge in [0.15, 0.2) is 0 Å². The fraction of sp³-hybridized carbons (Fsp3) is 0.538. The van der Waals surface area contributed by atoms with Gasteiger partial charge in [-0.05, 0) is 31.9 Å². The number of hydrogen-bond donors (Lipinski definition) is 1. The Morgan fingerprint density at radius 2 is 2.39 bits per heavy atom. The predicted octanol–water partition coefficient (Wildman–Crippen LogP) is 2.25. The molecule has 0 amide bonds. The normalized spacial score (nSPS) is 23.8. The smallest absolute Gasteiger partial charge is 0.269 e. The summed E-state index contributed by atoms with van der Waals surface area (Å²) in [5.41, 5.74) is 0.794. The van der Waals surface area contributed by atoms with Crippen LogP contribution in [0.1, 0.15) is 25.3 Å². The molecule has 5 heteroatoms. The van der Waals surface area contributed by atoms with Gasteiger partial charge in [0.25, 0.3) is 5.69 Å². The minimum absolute atomic E-state index is 0.114. The first kappa shape index (κ1) is 13.0. The van der Waals surface area contributed by atoms with E-state index >= 15 is 0 Å². The molecule has 0 aromatic heterocycles. The number of benzene rings is 1. The quantitative estimate of drug-likeness (QED) is 0.657. The largest absolute Gasteiger partial charge is 0.369 e. The van der Waals surface area contributed by atoms with Crippen molar-refractivity contribution < 1.29 is 9.66 Å². The molecule has 1 N–H and O–H groups in total. The molecule has 1 aliphatic rings. The molecule has 98 valence electrons. The van der Waals surface area contributed by atoms with Crippen molar-refractivity contribution in [3.8, 4) is 0 Å². The van der Waals surface area contributed by atoms with Crippen molar-refractivity contribution in [2.75, 3.05) is 13.1 Å². The predicted molar refractivity (Wildman–Crippen MR) is 68.4 cm³/mol. The fourth-order valence-electron chi connectivity index (χ4n) is 2.17. The summed E-state index contributed by atoms with van der Waals surface area (Å²) in [7, 11) is 0. The van der Waals surface area contributed by atoms with Crippen molar-refractivity contribution >= 4 is 5.69 Å². The van der Waals surface area contributed by atoms with E-state index in [-0.39, 0.29) is 16.2 Å². The van der Waals surface area contributed by atoms with E-state index in [9.17, 15) is 10.1 Å². The molecule has 1 atom stereocenters. The lowest BCUT2D eigenvalue weighted by Gasteiger charge is -2.34. The molecule has 0 radical (unpaired) electrons. The van der Waals surface area contributed by atoms with Gasteiger partial charge in [0.2, 0.25) is 0 Å². The van der Waals surface area contributed by atoms with Gasteiger partial charge in [0.1, 0.15) is 0 Å². The maximum Gasteiger partial charge on any atom is 0.269 e. The molecule has 0 saturated carbocycles. The molecule has 2 rings (SSSR count). The first-order valence-electron chi connectivity index (χ1n) is 6.17. The number of nitrogens with zero attached hydrogens (tertiary/aromatic N) is 1. The van der Waals surface area contributed by atoms with Crippen LogP contribution in [0, 0.1) is 10.1 Å². The number of nitro benzene ring substituents is 1. The molecular formula is C13H18N2O3. The van der Waals surface area contributed by atoms with Crippen molar-refractivity contribution in [3.63, 3.8) is 0 Å². The van der Waals surface area contributed by atoms with E-state index in [1.54, 1.807) is 12.1 Å². The standard InChI is InChI=1S/C13H18N2O3/c1-13(6-3-7-14-10-13)18-9-11-4-2-5-12(8-11)15(16)17/h2,4-5,8,14H,3,6-7,9-10H2,1H3. The summed E-state index contributed by atoms with van der Waals surface area (Å²) in [6, 6.07) is 6.61. The van der Waals surface area contributed by atoms with Gasteiger partial charge in [-0.3, -0.25) is 10.1 Å². The monoisotopic (exact) mass is 250 g/mol. The number of non-ortho nitro benzene ring substituents is 1. The Morgan fingerprint density at radius 3 is 3.06 bits per heavy atom. The molecular weight excluding hydrogens is 232 g/mol. The van der Waals surface area contributed by atoms with Crippen molar-refractivity contribution in [3.05, 3.63) is 39.9 Å². The van der Waals surface area contributed by atoms with Gasteiger partial charge >= 0.3 is 0 Å². The van der Waals surface area contributed by atoms with E-state index in [1.165, 1.54) is 6.07 Å². The van der Waals surface area contributed by atoms with E-state index in [2.05, 4.69) is 12.2 Å². The molecule has 1 heterocycles. The van der Waals surface area contributed by atoms with E-state index in [0.717, 1.165) is 31.5 Å². The minimum Gasteiger partial charge on any atom is -0.369 e. The number of piperidine rings is 1. The summed E-state index contributed by atoms with van der Waals surface area (Å²) in [6.45, 7) is 4.37. The Morgan fingerprint density at radius 1 is 1.56 bits per heavy atom. The van der Waals surface area contributed by atoms with Crippen LogP contribution < -0.4 is 5.32 Å². The first-order chi connectivity index (χ1) is 8.59. The van der Waals surface area contributed by atoms with Crippen LogP contribution in [0.5, 0.6) is 0 Å². The van der Waals surface area contributed by atoms with E-state index in [1.807, 2.05) is 6.07 Å². The highest BCUT2D eigenvalue weighted by molar-refractivity contribution is 5.33. The van der Waals surface area contributed by atoms with Gasteiger partial charge in [0, 0.05) is 18.7 Å². The van der Waals surface area contributed by atoms with Gasteiger partial charge in [-0.25, -0.2) is 0 Å². The number of rotatable bonds is 4. The second kappa shape index (κ2) is 5.46. The van der Waals surface area contributed by atoms with Crippen LogP contribution in [0.4, 0.5) is 5.69 Å². The fourth-order valence-corrected chi connectivity index (χ4v) is 2.17. The average molecular weight is 250 g/mol. The summed E-state index contributed by atoms with van der Waals surface area (Å²) < 4.78 is 5.91. The minimum atomic E-state index is -0.382. The van der Waals surface area contributed by atoms with Crippen molar-refractivity contribution in [1.82, 2.24) is 5.32 Å². The third kappa shape index (κ3) is 3.27. The molecule has 1 aromatic rings. The van der Waals surface area contributed by atoms with E-state index in [0.29, 0.717) is 6.61 Å². The number of nitrogens with one attached hydrogen (secondary N) is 1. The summed E-state index contributed by atoms with van der Waals surface area (Å²) in [4.78, 5) is 10.3. The van der Waals surface area contributed by atoms with Crippen LogP contribution in [0.2, 0.25) is 0 Å². The molecule has 5 nitrogen and oxygen atoms in total. The molecule has 0 aliphatic carbocycles. The van der Waals surface area contributed by atoms with Gasteiger partial charge in [-0.2, -0.15) is 0 Å². The van der Waals surface area contributed by atoms with E-state index in [4.69, 9.17) is 4.74 Å². The summed E-state index contributed by atoms with van der Waals surface area (Å²) in [6.07, 6.45) is 2.13. The highest BCUT2D eigenvalue weighted by atomic mass is 16.6. The summed E-state index contributed by atoms with van der Waals surface area (Å²) in [5.74, 6) is 0. The number of ether oxygens (including phenoxy) is 1. The average Bonchev–Trinajstić information content (AvgIpc) is 2.38. The Kier molecular flexibility index (Phi) is 3.93. The molecule has 1 aliphatic heterocycles. The number of hydrogen-bond acceptors (Lipinski definition) is 4. The Bertz CT molecular complexity index is 428. The van der Waals surface area contributed by atoms with Crippen LogP contribution in [-0.4, -0.2) is 23.6 Å². The second-order valence-corrected chi connectivity index (χ2v) is 4.95. The molecule has 1 unspecified atom stereocenters. The van der Waals surface area contributed by atoms with Crippen LogP contribution >= 0.6 is 0 Å². The lowest BCUT2D eigenvalue weighted by molar-refractivity contribution is -0.385. The molecule has 0 spiro atoms. The van der Waals surface area contributed by atoms with Gasteiger partial charge in [0.05, 0.1) is 17.1 Å². The van der Waals surface area contributed by atoms with Crippen molar-refractivity contribution in [2.24, 2.45) is 0 Å². The maximum atomic E-state index is 10.7. The highest BCUT2D eigenvalue weighted by Gasteiger charge is 2.27. The highest BCUT2D eigenvalue weighted by Crippen LogP contribution is 2.22.